The second-order valence-electron chi connectivity index (χ2n) is 6.29. The third-order valence-corrected chi connectivity index (χ3v) is 5.75. The summed E-state index contributed by atoms with van der Waals surface area (Å²) < 4.78 is 27.7. The maximum absolute atomic E-state index is 12.3. The molecule has 0 aliphatic rings. The number of aromatic nitrogens is 1. The monoisotopic (exact) mass is 448 g/mol. The minimum atomic E-state index is -3.00. The fraction of sp³-hybridized carbons (Fsp3) is 0.0476. The molecule has 3 aromatic carbocycles. The summed E-state index contributed by atoms with van der Waals surface area (Å²) in [6.07, 6.45) is 0. The van der Waals surface area contributed by atoms with Gasteiger partial charge in [0.05, 0.1) is 10.2 Å². The van der Waals surface area contributed by atoms with Gasteiger partial charge in [-0.3, -0.25) is 4.79 Å². The molecule has 0 radical (unpaired) electrons. The molecule has 0 saturated carbocycles. The van der Waals surface area contributed by atoms with E-state index in [-0.39, 0.29) is 35.5 Å². The summed E-state index contributed by atoms with van der Waals surface area (Å²) in [5.41, 5.74) is 3.52. The molecule has 1 heterocycles. The van der Waals surface area contributed by atoms with Crippen LogP contribution in [0.25, 0.3) is 20.8 Å². The second-order valence-corrected chi connectivity index (χ2v) is 7.92. The molecule has 1 N–H and O–H groups in total. The van der Waals surface area contributed by atoms with Crippen molar-refractivity contribution in [1.82, 2.24) is 4.98 Å². The van der Waals surface area contributed by atoms with E-state index in [9.17, 15) is 13.2 Å². The molecule has 4 rings (SSSR count). The van der Waals surface area contributed by atoms with Gasteiger partial charge in [0.1, 0.15) is 5.01 Å². The Morgan fingerprint density at radius 3 is 2.37 bits per heavy atom. The molecule has 30 heavy (non-hydrogen) atoms. The summed E-state index contributed by atoms with van der Waals surface area (Å²) in [6.45, 7) is 1.79. The Balaban J connectivity index is 0.00000256. The quantitative estimate of drug-likeness (QED) is 0.359. The van der Waals surface area contributed by atoms with Crippen LogP contribution in [0.4, 0.5) is 5.69 Å². The average molecular weight is 449 g/mol. The zero-order chi connectivity index (χ0) is 20.4. The van der Waals surface area contributed by atoms with Crippen LogP contribution in [0.1, 0.15) is 15.9 Å². The van der Waals surface area contributed by atoms with Gasteiger partial charge in [-0.25, -0.2) is 4.98 Å². The molecule has 0 aliphatic carbocycles. The van der Waals surface area contributed by atoms with Gasteiger partial charge in [0.25, 0.3) is 16.9 Å². The number of nitrogens with one attached hydrogen (secondary N) is 1. The Hall–Kier alpha value is -2.23. The first kappa shape index (κ1) is 22.5. The molecule has 6 nitrogen and oxygen atoms in total. The number of carbonyl (C=O) groups is 1. The Kier molecular flexibility index (Phi) is 7.27. The predicted molar refractivity (Wildman–Crippen MR) is 122 cm³/mol. The molecule has 0 spiro atoms. The van der Waals surface area contributed by atoms with E-state index in [4.69, 9.17) is 4.18 Å². The van der Waals surface area contributed by atoms with E-state index < -0.39 is 11.0 Å². The maximum atomic E-state index is 12.3. The van der Waals surface area contributed by atoms with Gasteiger partial charge in [-0.15, -0.1) is 11.3 Å². The number of thiazole rings is 1. The Bertz CT molecular complexity index is 1260. The van der Waals surface area contributed by atoms with Gasteiger partial charge in [0.15, 0.2) is 5.75 Å². The van der Waals surface area contributed by atoms with E-state index in [1.54, 1.807) is 37.3 Å². The van der Waals surface area contributed by atoms with Crippen LogP contribution in [0.2, 0.25) is 0 Å². The van der Waals surface area contributed by atoms with Gasteiger partial charge in [-0.1, -0.05) is 24.3 Å². The van der Waals surface area contributed by atoms with Gasteiger partial charge in [-0.05, 0) is 55.0 Å². The van der Waals surface area contributed by atoms with E-state index in [1.807, 2.05) is 36.4 Å². The molecule has 0 unspecified atom stereocenters. The van der Waals surface area contributed by atoms with Gasteiger partial charge in [-0.2, -0.15) is 8.42 Å². The molecule has 1 amide bonds. The molecule has 0 saturated heterocycles. The molecule has 0 atom stereocenters. The van der Waals surface area contributed by atoms with Crippen molar-refractivity contribution in [2.45, 2.75) is 6.92 Å². The van der Waals surface area contributed by atoms with Crippen LogP contribution in [-0.4, -0.2) is 48.9 Å². The number of benzene rings is 3. The van der Waals surface area contributed by atoms with Crippen LogP contribution in [0.15, 0.2) is 66.7 Å². The van der Waals surface area contributed by atoms with Crippen LogP contribution < -0.4 is 9.50 Å². The standard InChI is InChI=1S/C21H16N2O4S2.Na.H/c1-13-7-12-17-19(18(13)27-29(25)26)28-21(23-17)15-8-10-16(11-9-15)22-20(24)14-5-3-2-4-6-14;;/h2-12,29H,1H3,(H,22,24);;. The molecular weight excluding hydrogens is 431 g/mol. The zero-order valence-electron chi connectivity index (χ0n) is 15.3. The van der Waals surface area contributed by atoms with Crippen molar-refractivity contribution in [3.05, 3.63) is 77.9 Å². The molecule has 9 heteroatoms. The molecule has 148 valence electrons. The minimum absolute atomic E-state index is 0. The van der Waals surface area contributed by atoms with E-state index >= 15 is 0 Å². The van der Waals surface area contributed by atoms with E-state index in [0.29, 0.717) is 27.2 Å². The number of fused-ring (bicyclic) bond motifs is 1. The summed E-state index contributed by atoms with van der Waals surface area (Å²) in [7, 11) is -3.00. The van der Waals surface area contributed by atoms with E-state index in [2.05, 4.69) is 10.3 Å². The summed E-state index contributed by atoms with van der Waals surface area (Å²) in [5, 5.41) is 3.59. The van der Waals surface area contributed by atoms with Crippen LogP contribution >= 0.6 is 11.3 Å². The van der Waals surface area contributed by atoms with Crippen molar-refractivity contribution >= 4 is 73.7 Å². The molecule has 0 fully saturated rings. The van der Waals surface area contributed by atoms with E-state index in [1.165, 1.54) is 11.3 Å². The second kappa shape index (κ2) is 9.72. The van der Waals surface area contributed by atoms with Crippen molar-refractivity contribution in [2.24, 2.45) is 0 Å². The number of anilines is 1. The molecule has 1 aromatic heterocycles. The Morgan fingerprint density at radius 1 is 1.00 bits per heavy atom. The number of carbonyl (C=O) groups excluding carboxylic acids is 1. The number of rotatable bonds is 5. The third kappa shape index (κ3) is 4.91. The number of amides is 1. The van der Waals surface area contributed by atoms with Crippen molar-refractivity contribution in [3.8, 4) is 16.3 Å². The predicted octanol–water partition coefficient (Wildman–Crippen LogP) is 3.78. The van der Waals surface area contributed by atoms with Crippen LogP contribution in [0.3, 0.4) is 0 Å². The summed E-state index contributed by atoms with van der Waals surface area (Å²) in [4.78, 5) is 16.8. The first-order chi connectivity index (χ1) is 14.0. The number of hydrogen-bond acceptors (Lipinski definition) is 6. The van der Waals surface area contributed by atoms with Gasteiger partial charge < -0.3 is 9.50 Å². The van der Waals surface area contributed by atoms with Crippen LogP contribution in [0, 0.1) is 6.92 Å². The number of aryl methyl sites for hydroxylation is 1. The van der Waals surface area contributed by atoms with Crippen molar-refractivity contribution in [3.63, 3.8) is 0 Å². The normalized spacial score (nSPS) is 10.6. The van der Waals surface area contributed by atoms with E-state index in [0.717, 1.165) is 16.1 Å². The molecule has 0 aliphatic heterocycles. The summed E-state index contributed by atoms with van der Waals surface area (Å²) >= 11 is 1.36. The van der Waals surface area contributed by atoms with Crippen molar-refractivity contribution in [1.29, 1.82) is 0 Å². The van der Waals surface area contributed by atoms with Crippen LogP contribution in [0.5, 0.6) is 5.75 Å². The van der Waals surface area contributed by atoms with Crippen LogP contribution in [-0.2, 0) is 11.0 Å². The molecule has 4 aromatic rings. The van der Waals surface area contributed by atoms with Crippen molar-refractivity contribution in [2.75, 3.05) is 5.32 Å². The first-order valence-corrected chi connectivity index (χ1v) is 10.6. The first-order valence-electron chi connectivity index (χ1n) is 8.70. The number of nitrogens with zero attached hydrogens (tertiary/aromatic N) is 1. The molecule has 0 bridgehead atoms. The van der Waals surface area contributed by atoms with Gasteiger partial charge in [0.2, 0.25) is 0 Å². The van der Waals surface area contributed by atoms with Gasteiger partial charge >= 0.3 is 29.6 Å². The Labute approximate surface area is 201 Å². The number of thiol groups is 1. The summed E-state index contributed by atoms with van der Waals surface area (Å²) in [5.74, 6) is 0.136. The third-order valence-electron chi connectivity index (χ3n) is 4.30. The number of hydrogen-bond donors (Lipinski definition) is 2. The SMILES string of the molecule is Cc1ccc2nc(-c3ccc(NC(=O)c4ccccc4)cc3)sc2c1O[SH](=O)=O.[NaH]. The zero-order valence-corrected chi connectivity index (χ0v) is 17.0. The molecular formula is C21H17N2NaO4S2. The topological polar surface area (TPSA) is 85.4 Å². The summed E-state index contributed by atoms with van der Waals surface area (Å²) in [6, 6.07) is 19.9. The van der Waals surface area contributed by atoms with Crippen molar-refractivity contribution < 1.29 is 17.4 Å². The Morgan fingerprint density at radius 2 is 1.70 bits per heavy atom. The fourth-order valence-corrected chi connectivity index (χ4v) is 4.42. The van der Waals surface area contributed by atoms with Gasteiger partial charge in [0, 0.05) is 16.8 Å². The fourth-order valence-electron chi connectivity index (χ4n) is 2.87. The average Bonchev–Trinajstić information content (AvgIpc) is 3.16.